The summed E-state index contributed by atoms with van der Waals surface area (Å²) >= 11 is 0. The molecular formula is C18H17N3O4S2. The Kier molecular flexibility index (Phi) is 5.24. The Balaban J connectivity index is 1.81. The van der Waals surface area contributed by atoms with Crippen LogP contribution in [-0.2, 0) is 25.6 Å². The third-order valence-corrected chi connectivity index (χ3v) is 5.89. The Morgan fingerprint density at radius 2 is 1.59 bits per heavy atom. The second-order valence-corrected chi connectivity index (χ2v) is 9.64. The van der Waals surface area contributed by atoms with Crippen LogP contribution in [0.2, 0.25) is 0 Å². The van der Waals surface area contributed by atoms with Gasteiger partial charge in [-0.15, -0.1) is 10.2 Å². The summed E-state index contributed by atoms with van der Waals surface area (Å²) in [5, 5.41) is 7.50. The predicted octanol–water partition coefficient (Wildman–Crippen LogP) is 2.49. The topological polar surface area (TPSA) is 106 Å². The molecule has 0 radical (unpaired) electrons. The number of sulfone groups is 1. The first-order valence-electron chi connectivity index (χ1n) is 7.92. The van der Waals surface area contributed by atoms with Gasteiger partial charge in [0.05, 0.1) is 11.4 Å². The second kappa shape index (κ2) is 7.45. The Labute approximate surface area is 158 Å². The van der Waals surface area contributed by atoms with E-state index in [0.717, 1.165) is 6.26 Å². The van der Waals surface area contributed by atoms with Gasteiger partial charge in [0.1, 0.15) is 0 Å². The lowest BCUT2D eigenvalue weighted by Gasteiger charge is -2.09. The summed E-state index contributed by atoms with van der Waals surface area (Å²) in [7, 11) is -7.01. The Hall–Kier alpha value is -2.78. The van der Waals surface area contributed by atoms with Crippen molar-refractivity contribution in [2.24, 2.45) is 0 Å². The van der Waals surface area contributed by atoms with E-state index in [1.807, 2.05) is 6.07 Å². The molecule has 0 aliphatic heterocycles. The first kappa shape index (κ1) is 19.0. The molecule has 0 saturated heterocycles. The number of nitrogens with zero attached hydrogens (tertiary/aromatic N) is 2. The molecule has 3 aromatic rings. The highest BCUT2D eigenvalue weighted by Gasteiger charge is 2.13. The fourth-order valence-electron chi connectivity index (χ4n) is 2.42. The Bertz CT molecular complexity index is 1140. The van der Waals surface area contributed by atoms with Crippen LogP contribution in [-0.4, -0.2) is 33.3 Å². The summed E-state index contributed by atoms with van der Waals surface area (Å²) in [5.74, 6) is -0.138. The highest BCUT2D eigenvalue weighted by molar-refractivity contribution is 7.92. The van der Waals surface area contributed by atoms with Crippen LogP contribution < -0.4 is 4.72 Å². The van der Waals surface area contributed by atoms with Gasteiger partial charge in [-0.2, -0.15) is 0 Å². The van der Waals surface area contributed by atoms with Gasteiger partial charge in [0.25, 0.3) is 0 Å². The smallest absolute Gasteiger partial charge is 0.236 e. The van der Waals surface area contributed by atoms with Crippen molar-refractivity contribution < 1.29 is 16.8 Å². The SMILES string of the molecule is CS(=O)(=O)c1ccc(-c2cccc(NS(=O)(=O)Cc3ccccc3)c2)nn1. The summed E-state index contributed by atoms with van der Waals surface area (Å²) in [4.78, 5) is 0. The molecule has 0 atom stereocenters. The molecule has 0 saturated carbocycles. The number of rotatable bonds is 6. The molecule has 0 aliphatic rings. The van der Waals surface area contributed by atoms with Crippen LogP contribution in [0.4, 0.5) is 5.69 Å². The molecule has 1 aromatic heterocycles. The quantitative estimate of drug-likeness (QED) is 0.678. The third kappa shape index (κ3) is 5.11. The van der Waals surface area contributed by atoms with E-state index in [2.05, 4.69) is 14.9 Å². The van der Waals surface area contributed by atoms with Crippen molar-refractivity contribution in [1.82, 2.24) is 10.2 Å². The molecule has 7 nitrogen and oxygen atoms in total. The zero-order valence-electron chi connectivity index (χ0n) is 14.4. The van der Waals surface area contributed by atoms with Gasteiger partial charge in [-0.1, -0.05) is 42.5 Å². The van der Waals surface area contributed by atoms with E-state index in [1.165, 1.54) is 12.1 Å². The van der Waals surface area contributed by atoms with E-state index in [0.29, 0.717) is 22.5 Å². The molecule has 0 spiro atoms. The highest BCUT2D eigenvalue weighted by Crippen LogP contribution is 2.22. The molecule has 2 aromatic carbocycles. The van der Waals surface area contributed by atoms with Gasteiger partial charge >= 0.3 is 0 Å². The van der Waals surface area contributed by atoms with Gasteiger partial charge in [-0.3, -0.25) is 4.72 Å². The van der Waals surface area contributed by atoms with E-state index in [1.54, 1.807) is 48.5 Å². The van der Waals surface area contributed by atoms with E-state index >= 15 is 0 Å². The number of hydrogen-bond acceptors (Lipinski definition) is 6. The Morgan fingerprint density at radius 3 is 2.22 bits per heavy atom. The monoisotopic (exact) mass is 403 g/mol. The van der Waals surface area contributed by atoms with Gasteiger partial charge in [0.15, 0.2) is 14.9 Å². The maximum absolute atomic E-state index is 12.4. The third-order valence-electron chi connectivity index (χ3n) is 3.65. The lowest BCUT2D eigenvalue weighted by atomic mass is 10.1. The number of benzene rings is 2. The van der Waals surface area contributed by atoms with Crippen LogP contribution in [0.25, 0.3) is 11.3 Å². The number of sulfonamides is 1. The van der Waals surface area contributed by atoms with Gasteiger partial charge in [0.2, 0.25) is 10.0 Å². The predicted molar refractivity (Wildman–Crippen MR) is 103 cm³/mol. The number of anilines is 1. The highest BCUT2D eigenvalue weighted by atomic mass is 32.2. The van der Waals surface area contributed by atoms with E-state index in [9.17, 15) is 16.8 Å². The van der Waals surface area contributed by atoms with Crippen molar-refractivity contribution in [1.29, 1.82) is 0 Å². The zero-order valence-corrected chi connectivity index (χ0v) is 16.0. The normalized spacial score (nSPS) is 11.9. The minimum atomic E-state index is -3.58. The molecule has 140 valence electrons. The number of hydrogen-bond donors (Lipinski definition) is 1. The maximum Gasteiger partial charge on any atom is 0.236 e. The molecule has 9 heteroatoms. The summed E-state index contributed by atoms with van der Waals surface area (Å²) in [6, 6.07) is 18.4. The van der Waals surface area contributed by atoms with Crippen LogP contribution in [0.3, 0.4) is 0 Å². The van der Waals surface area contributed by atoms with E-state index < -0.39 is 19.9 Å². The van der Waals surface area contributed by atoms with Gasteiger partial charge < -0.3 is 0 Å². The van der Waals surface area contributed by atoms with Crippen molar-refractivity contribution in [3.63, 3.8) is 0 Å². The lowest BCUT2D eigenvalue weighted by Crippen LogP contribution is -2.15. The van der Waals surface area contributed by atoms with Crippen LogP contribution in [0, 0.1) is 0 Å². The zero-order chi connectivity index (χ0) is 19.5. The van der Waals surface area contributed by atoms with Crippen molar-refractivity contribution in [2.45, 2.75) is 10.8 Å². The van der Waals surface area contributed by atoms with E-state index in [4.69, 9.17) is 0 Å². The number of nitrogens with one attached hydrogen (secondary N) is 1. The minimum Gasteiger partial charge on any atom is -0.283 e. The van der Waals surface area contributed by atoms with Crippen LogP contribution in [0.5, 0.6) is 0 Å². The van der Waals surface area contributed by atoms with Crippen molar-refractivity contribution in [3.8, 4) is 11.3 Å². The van der Waals surface area contributed by atoms with Crippen molar-refractivity contribution in [2.75, 3.05) is 11.0 Å². The largest absolute Gasteiger partial charge is 0.283 e. The standard InChI is InChI=1S/C18H17N3O4S2/c1-26(22,23)18-11-10-17(19-20-18)15-8-5-9-16(12-15)21-27(24,25)13-14-6-3-2-4-7-14/h2-12,21H,13H2,1H3. The first-order chi connectivity index (χ1) is 12.7. The van der Waals surface area contributed by atoms with Crippen molar-refractivity contribution >= 4 is 25.5 Å². The molecule has 0 fully saturated rings. The average Bonchev–Trinajstić information content (AvgIpc) is 2.61. The van der Waals surface area contributed by atoms with Crippen molar-refractivity contribution in [3.05, 3.63) is 72.3 Å². The van der Waals surface area contributed by atoms with E-state index in [-0.39, 0.29) is 10.8 Å². The lowest BCUT2D eigenvalue weighted by molar-refractivity contribution is 0.595. The maximum atomic E-state index is 12.4. The number of aromatic nitrogens is 2. The molecule has 0 bridgehead atoms. The summed E-state index contributed by atoms with van der Waals surface area (Å²) < 4.78 is 50.2. The minimum absolute atomic E-state index is 0.119. The summed E-state index contributed by atoms with van der Waals surface area (Å²) in [6.07, 6.45) is 1.05. The average molecular weight is 403 g/mol. The molecular weight excluding hydrogens is 386 g/mol. The van der Waals surface area contributed by atoms with Crippen LogP contribution in [0.1, 0.15) is 5.56 Å². The molecule has 3 rings (SSSR count). The molecule has 0 aliphatic carbocycles. The fourth-order valence-corrected chi connectivity index (χ4v) is 4.12. The fraction of sp³-hybridized carbons (Fsp3) is 0.111. The van der Waals surface area contributed by atoms with Gasteiger partial charge in [-0.05, 0) is 29.8 Å². The van der Waals surface area contributed by atoms with Gasteiger partial charge in [0, 0.05) is 17.5 Å². The molecule has 1 N–H and O–H groups in total. The second-order valence-electron chi connectivity index (χ2n) is 5.96. The summed E-state index contributed by atoms with van der Waals surface area (Å²) in [5.41, 5.74) is 2.12. The first-order valence-corrected chi connectivity index (χ1v) is 11.5. The Morgan fingerprint density at radius 1 is 0.852 bits per heavy atom. The van der Waals surface area contributed by atoms with Gasteiger partial charge in [-0.25, -0.2) is 16.8 Å². The van der Waals surface area contributed by atoms with Crippen LogP contribution >= 0.6 is 0 Å². The van der Waals surface area contributed by atoms with Crippen LogP contribution in [0.15, 0.2) is 71.8 Å². The molecule has 27 heavy (non-hydrogen) atoms. The summed E-state index contributed by atoms with van der Waals surface area (Å²) in [6.45, 7) is 0. The molecule has 0 unspecified atom stereocenters. The molecule has 0 amide bonds. The molecule has 1 heterocycles.